The van der Waals surface area contributed by atoms with Crippen molar-refractivity contribution in [3.8, 4) is 0 Å². The molecule has 0 radical (unpaired) electrons. The summed E-state index contributed by atoms with van der Waals surface area (Å²) in [6.07, 6.45) is 3.50. The molecule has 0 heterocycles. The van der Waals surface area contributed by atoms with Crippen molar-refractivity contribution in [3.05, 3.63) is 106 Å². The van der Waals surface area contributed by atoms with Gasteiger partial charge in [-0.25, -0.2) is 43.7 Å². The Morgan fingerprint density at radius 3 is 1.24 bits per heavy atom. The van der Waals surface area contributed by atoms with Crippen LogP contribution in [-0.4, -0.2) is 93.5 Å². The minimum absolute atomic E-state index is 0.00890. The third kappa shape index (κ3) is 21.2. The average molecular weight is 814 g/mol. The first kappa shape index (κ1) is 46.4. The van der Waals surface area contributed by atoms with Gasteiger partial charge in [0, 0.05) is 39.3 Å². The SMILES string of the molecule is O=C=NCc1cccc(CNC(=O)OCCCCOC(=O)CCN(CCOC(=O)NCc2cccc(CN=C=O)c2)CCOC(=O)NCc2cccc(CN=C=O)c2)c1. The fourth-order valence-electron chi connectivity index (χ4n) is 5.31. The molecule has 0 atom stereocenters. The van der Waals surface area contributed by atoms with E-state index in [-0.39, 0.29) is 91.8 Å². The second-order valence-corrected chi connectivity index (χ2v) is 12.7. The fourth-order valence-corrected chi connectivity index (χ4v) is 5.31. The minimum Gasteiger partial charge on any atom is -0.466 e. The molecule has 0 bridgehead atoms. The summed E-state index contributed by atoms with van der Waals surface area (Å²) in [5.41, 5.74) is 4.77. The maximum atomic E-state index is 12.5. The Labute approximate surface area is 341 Å². The number of hydrogen-bond donors (Lipinski definition) is 3. The van der Waals surface area contributed by atoms with Crippen LogP contribution in [-0.2, 0) is 77.4 Å². The number of nitrogens with one attached hydrogen (secondary N) is 3. The van der Waals surface area contributed by atoms with E-state index in [1.807, 2.05) is 18.2 Å². The van der Waals surface area contributed by atoms with Crippen LogP contribution < -0.4 is 16.0 Å². The Bertz CT molecular complexity index is 1870. The van der Waals surface area contributed by atoms with Gasteiger partial charge >= 0.3 is 24.2 Å². The number of unbranched alkanes of at least 4 members (excludes halogenated alkanes) is 1. The summed E-state index contributed by atoms with van der Waals surface area (Å²) in [6, 6.07) is 21.6. The highest BCUT2D eigenvalue weighted by Crippen LogP contribution is 2.09. The van der Waals surface area contributed by atoms with Crippen molar-refractivity contribution >= 4 is 42.5 Å². The van der Waals surface area contributed by atoms with E-state index in [0.717, 1.165) is 33.4 Å². The summed E-state index contributed by atoms with van der Waals surface area (Å²) in [5.74, 6) is -0.464. The number of isocyanates is 3. The van der Waals surface area contributed by atoms with Crippen molar-refractivity contribution in [2.45, 2.75) is 58.5 Å². The van der Waals surface area contributed by atoms with Crippen molar-refractivity contribution in [2.24, 2.45) is 15.0 Å². The molecule has 0 aliphatic rings. The molecule has 0 aromatic heterocycles. The number of benzene rings is 3. The summed E-state index contributed by atoms with van der Waals surface area (Å²) in [5, 5.41) is 7.98. The molecule has 59 heavy (non-hydrogen) atoms. The molecule has 0 aliphatic heterocycles. The van der Waals surface area contributed by atoms with Crippen LogP contribution in [0.25, 0.3) is 0 Å². The summed E-state index contributed by atoms with van der Waals surface area (Å²) >= 11 is 0. The molecule has 0 saturated heterocycles. The Morgan fingerprint density at radius 2 is 0.847 bits per heavy atom. The van der Waals surface area contributed by atoms with E-state index in [1.165, 1.54) is 18.2 Å². The molecule has 3 rings (SSSR count). The summed E-state index contributed by atoms with van der Waals surface area (Å²) in [4.78, 5) is 93.0. The Kier molecular flexibility index (Phi) is 22.4. The van der Waals surface area contributed by atoms with Crippen LogP contribution in [0.5, 0.6) is 0 Å². The number of alkyl carbamates (subject to hydrolysis) is 3. The summed E-state index contributed by atoms with van der Waals surface area (Å²) in [6.45, 7) is 2.02. The first-order valence-electron chi connectivity index (χ1n) is 18.7. The molecule has 0 aliphatic carbocycles. The second kappa shape index (κ2) is 28.4. The van der Waals surface area contributed by atoms with Gasteiger partial charge in [0.05, 0.1) is 39.3 Å². The predicted octanol–water partition coefficient (Wildman–Crippen LogP) is 4.29. The Balaban J connectivity index is 1.38. The van der Waals surface area contributed by atoms with Crippen LogP contribution in [0.15, 0.2) is 87.8 Å². The smallest absolute Gasteiger partial charge is 0.407 e. The van der Waals surface area contributed by atoms with Gasteiger partial charge in [0.15, 0.2) is 0 Å². The molecule has 0 fully saturated rings. The zero-order chi connectivity index (χ0) is 42.3. The van der Waals surface area contributed by atoms with Crippen molar-refractivity contribution < 1.29 is 52.5 Å². The zero-order valence-corrected chi connectivity index (χ0v) is 32.5. The van der Waals surface area contributed by atoms with Gasteiger partial charge in [-0.3, -0.25) is 9.69 Å². The van der Waals surface area contributed by atoms with Gasteiger partial charge in [-0.2, -0.15) is 0 Å². The van der Waals surface area contributed by atoms with Gasteiger partial charge in [0.1, 0.15) is 13.2 Å². The van der Waals surface area contributed by atoms with Crippen LogP contribution in [0.2, 0.25) is 0 Å². The average Bonchev–Trinajstić information content (AvgIpc) is 3.25. The van der Waals surface area contributed by atoms with E-state index in [1.54, 1.807) is 59.5 Å². The molecule has 3 amide bonds. The van der Waals surface area contributed by atoms with E-state index < -0.39 is 24.2 Å². The normalized spacial score (nSPS) is 10.2. The van der Waals surface area contributed by atoms with Gasteiger partial charge in [0.2, 0.25) is 18.2 Å². The quantitative estimate of drug-likeness (QED) is 0.0339. The van der Waals surface area contributed by atoms with E-state index in [9.17, 15) is 33.6 Å². The van der Waals surface area contributed by atoms with Crippen LogP contribution >= 0.6 is 0 Å². The zero-order valence-electron chi connectivity index (χ0n) is 32.5. The van der Waals surface area contributed by atoms with Crippen LogP contribution in [0.4, 0.5) is 14.4 Å². The number of nitrogens with zero attached hydrogens (tertiary/aromatic N) is 4. The van der Waals surface area contributed by atoms with Gasteiger partial charge in [-0.1, -0.05) is 72.8 Å². The van der Waals surface area contributed by atoms with E-state index in [0.29, 0.717) is 12.8 Å². The molecular formula is C41H47N7O11. The monoisotopic (exact) mass is 813 g/mol. The minimum atomic E-state index is -0.660. The van der Waals surface area contributed by atoms with E-state index in [4.69, 9.17) is 18.9 Å². The van der Waals surface area contributed by atoms with Gasteiger partial charge in [-0.15, -0.1) is 0 Å². The number of amides is 3. The van der Waals surface area contributed by atoms with Gasteiger partial charge in [-0.05, 0) is 46.2 Å². The standard InChI is InChI=1S/C41H47N7O11/c49-29-42-23-32-6-3-9-35(20-32)26-45-39(53)57-17-2-1-16-56-38(52)12-13-48(14-18-58-40(54)46-27-36-10-4-7-33(21-36)24-43-30-50)15-19-59-41(55)47-28-37-11-5-8-34(22-37)25-44-31-51/h3-11,20-22H,1-2,12-19,23-28H2,(H,45,53)(H,46,54)(H,47,55). The van der Waals surface area contributed by atoms with E-state index in [2.05, 4.69) is 30.9 Å². The fraction of sp³-hybridized carbons (Fsp3) is 0.390. The van der Waals surface area contributed by atoms with Crippen LogP contribution in [0, 0.1) is 0 Å². The van der Waals surface area contributed by atoms with Crippen molar-refractivity contribution in [1.29, 1.82) is 0 Å². The highest BCUT2D eigenvalue weighted by molar-refractivity contribution is 5.69. The second-order valence-electron chi connectivity index (χ2n) is 12.7. The lowest BCUT2D eigenvalue weighted by Gasteiger charge is -2.21. The Hall–Kier alpha value is -6.96. The topological polar surface area (TPSA) is 233 Å². The number of ether oxygens (including phenoxy) is 4. The number of esters is 1. The number of carbonyl (C=O) groups excluding carboxylic acids is 7. The largest absolute Gasteiger partial charge is 0.466 e. The predicted molar refractivity (Wildman–Crippen MR) is 211 cm³/mol. The molecule has 3 aromatic carbocycles. The molecule has 18 heteroatoms. The highest BCUT2D eigenvalue weighted by atomic mass is 16.6. The number of aliphatic imine (C=N–C) groups is 3. The van der Waals surface area contributed by atoms with Gasteiger partial charge in [0.25, 0.3) is 0 Å². The molecule has 3 N–H and O–H groups in total. The third-order valence-corrected chi connectivity index (χ3v) is 8.21. The maximum absolute atomic E-state index is 12.5. The number of hydrogen-bond acceptors (Lipinski definition) is 15. The van der Waals surface area contributed by atoms with Crippen molar-refractivity contribution in [3.63, 3.8) is 0 Å². The molecular weight excluding hydrogens is 766 g/mol. The molecule has 0 unspecified atom stereocenters. The lowest BCUT2D eigenvalue weighted by Crippen LogP contribution is -2.36. The van der Waals surface area contributed by atoms with Crippen molar-refractivity contribution in [2.75, 3.05) is 46.1 Å². The third-order valence-electron chi connectivity index (χ3n) is 8.21. The molecule has 18 nitrogen and oxygen atoms in total. The number of carbonyl (C=O) groups is 4. The lowest BCUT2D eigenvalue weighted by molar-refractivity contribution is -0.144. The number of rotatable bonds is 26. The molecule has 3 aromatic rings. The van der Waals surface area contributed by atoms with Gasteiger partial charge < -0.3 is 34.9 Å². The Morgan fingerprint density at radius 1 is 0.492 bits per heavy atom. The summed E-state index contributed by atoms with van der Waals surface area (Å²) < 4.78 is 21.2. The van der Waals surface area contributed by atoms with E-state index >= 15 is 0 Å². The molecule has 0 spiro atoms. The van der Waals surface area contributed by atoms with Crippen molar-refractivity contribution in [1.82, 2.24) is 20.9 Å². The highest BCUT2D eigenvalue weighted by Gasteiger charge is 2.13. The van der Waals surface area contributed by atoms with Crippen LogP contribution in [0.3, 0.4) is 0 Å². The lowest BCUT2D eigenvalue weighted by atomic mass is 10.1. The first-order chi connectivity index (χ1) is 28.8. The maximum Gasteiger partial charge on any atom is 0.407 e. The van der Waals surface area contributed by atoms with Crippen LogP contribution in [0.1, 0.15) is 52.6 Å². The molecule has 312 valence electrons. The molecule has 0 saturated carbocycles. The first-order valence-corrected chi connectivity index (χ1v) is 18.7. The summed E-state index contributed by atoms with van der Waals surface area (Å²) in [7, 11) is 0.